The van der Waals surface area contributed by atoms with E-state index in [0.717, 1.165) is 35.7 Å². The number of benzene rings is 1. The maximum Gasteiger partial charge on any atom is 0.137 e. The molecule has 0 radical (unpaired) electrons. The Balaban J connectivity index is 1.87. The largest absolute Gasteiger partial charge is 0.384 e. The van der Waals surface area contributed by atoms with Gasteiger partial charge >= 0.3 is 0 Å². The van der Waals surface area contributed by atoms with E-state index >= 15 is 0 Å². The molecule has 0 unspecified atom stereocenters. The van der Waals surface area contributed by atoms with E-state index in [1.807, 2.05) is 36.4 Å². The van der Waals surface area contributed by atoms with Crippen LogP contribution in [-0.4, -0.2) is 17.2 Å². The van der Waals surface area contributed by atoms with Crippen molar-refractivity contribution in [3.8, 4) is 0 Å². The second-order valence-corrected chi connectivity index (χ2v) is 4.35. The molecule has 5 nitrogen and oxygen atoms in total. The maximum atomic E-state index is 5.69. The number of aromatic nitrogens is 1. The predicted molar refractivity (Wildman–Crippen MR) is 78.4 cm³/mol. The number of hydrogen-bond donors (Lipinski definition) is 3. The van der Waals surface area contributed by atoms with Gasteiger partial charge in [-0.3, -0.25) is 5.43 Å². The standard InChI is InChI=1S/C14H15N5/c15-13-7-6-11-12(8-9-16-14(11)17-13)19-18-10-4-2-1-3-5-10/h1-7,18H,8-9H2,(H3,15,16,17)/b19-12-. The third-order valence-electron chi connectivity index (χ3n) is 2.98. The van der Waals surface area contributed by atoms with Gasteiger partial charge in [0.05, 0.1) is 11.4 Å². The van der Waals surface area contributed by atoms with Crippen LogP contribution in [-0.2, 0) is 0 Å². The van der Waals surface area contributed by atoms with Crippen molar-refractivity contribution in [3.05, 3.63) is 48.0 Å². The van der Waals surface area contributed by atoms with Gasteiger partial charge in [-0.1, -0.05) is 18.2 Å². The summed E-state index contributed by atoms with van der Waals surface area (Å²) >= 11 is 0. The van der Waals surface area contributed by atoms with Crippen LogP contribution in [0, 0.1) is 0 Å². The van der Waals surface area contributed by atoms with E-state index in [9.17, 15) is 0 Å². The zero-order valence-corrected chi connectivity index (χ0v) is 10.4. The Morgan fingerprint density at radius 1 is 1.16 bits per heavy atom. The van der Waals surface area contributed by atoms with E-state index in [-0.39, 0.29) is 0 Å². The number of nitrogens with two attached hydrogens (primary N) is 1. The Bertz CT molecular complexity index is 606. The number of hydrazone groups is 1. The minimum atomic E-state index is 0.517. The van der Waals surface area contributed by atoms with Gasteiger partial charge in [0.2, 0.25) is 0 Å². The summed E-state index contributed by atoms with van der Waals surface area (Å²) in [6.07, 6.45) is 0.860. The van der Waals surface area contributed by atoms with Crippen LogP contribution < -0.4 is 16.5 Å². The quantitative estimate of drug-likeness (QED) is 0.718. The molecule has 1 aliphatic heterocycles. The summed E-state index contributed by atoms with van der Waals surface area (Å²) in [5.74, 6) is 1.32. The van der Waals surface area contributed by atoms with Crippen LogP contribution >= 0.6 is 0 Å². The lowest BCUT2D eigenvalue weighted by molar-refractivity contribution is 1.04. The number of rotatable bonds is 2. The zero-order chi connectivity index (χ0) is 13.1. The first-order chi connectivity index (χ1) is 9.33. The highest BCUT2D eigenvalue weighted by atomic mass is 15.3. The predicted octanol–water partition coefficient (Wildman–Crippen LogP) is 2.30. The van der Waals surface area contributed by atoms with Crippen LogP contribution in [0.1, 0.15) is 12.0 Å². The fourth-order valence-electron chi connectivity index (χ4n) is 2.04. The Labute approximate surface area is 111 Å². The minimum absolute atomic E-state index is 0.517. The highest BCUT2D eigenvalue weighted by Gasteiger charge is 2.16. The molecule has 0 spiro atoms. The molecule has 4 N–H and O–H groups in total. The second kappa shape index (κ2) is 4.97. The summed E-state index contributed by atoms with van der Waals surface area (Å²) in [5, 5.41) is 7.70. The zero-order valence-electron chi connectivity index (χ0n) is 10.4. The minimum Gasteiger partial charge on any atom is -0.384 e. The summed E-state index contributed by atoms with van der Waals surface area (Å²) < 4.78 is 0. The van der Waals surface area contributed by atoms with Crippen LogP contribution in [0.5, 0.6) is 0 Å². The van der Waals surface area contributed by atoms with Gasteiger partial charge in [-0.05, 0) is 24.3 Å². The molecule has 1 aromatic heterocycles. The molecule has 0 fully saturated rings. The van der Waals surface area contributed by atoms with Gasteiger partial charge in [0.15, 0.2) is 0 Å². The van der Waals surface area contributed by atoms with Gasteiger partial charge in [-0.15, -0.1) is 0 Å². The van der Waals surface area contributed by atoms with Crippen LogP contribution in [0.25, 0.3) is 0 Å². The topological polar surface area (TPSA) is 75.3 Å². The normalized spacial score (nSPS) is 15.7. The molecule has 0 bridgehead atoms. The molecular formula is C14H15N5. The van der Waals surface area contributed by atoms with Crippen molar-refractivity contribution in [2.45, 2.75) is 6.42 Å². The summed E-state index contributed by atoms with van der Waals surface area (Å²) in [5.41, 5.74) is 11.7. The van der Waals surface area contributed by atoms with E-state index in [2.05, 4.69) is 20.8 Å². The van der Waals surface area contributed by atoms with Crippen LogP contribution in [0.2, 0.25) is 0 Å². The summed E-state index contributed by atoms with van der Waals surface area (Å²) in [6.45, 7) is 0.818. The van der Waals surface area contributed by atoms with Gasteiger partial charge in [-0.25, -0.2) is 4.98 Å². The SMILES string of the molecule is Nc1ccc2c(n1)NCC/C2=N/Nc1ccccc1. The third kappa shape index (κ3) is 2.49. The Morgan fingerprint density at radius 3 is 2.84 bits per heavy atom. The Morgan fingerprint density at radius 2 is 2.00 bits per heavy atom. The van der Waals surface area contributed by atoms with Crippen molar-refractivity contribution in [2.24, 2.45) is 5.10 Å². The average molecular weight is 253 g/mol. The first kappa shape index (κ1) is 11.5. The lowest BCUT2D eigenvalue weighted by Crippen LogP contribution is -2.21. The van der Waals surface area contributed by atoms with Crippen molar-refractivity contribution < 1.29 is 0 Å². The molecule has 2 heterocycles. The molecule has 2 aromatic rings. The highest BCUT2D eigenvalue weighted by molar-refractivity contribution is 6.06. The summed E-state index contributed by atoms with van der Waals surface area (Å²) in [7, 11) is 0. The average Bonchev–Trinajstić information content (AvgIpc) is 2.45. The smallest absolute Gasteiger partial charge is 0.137 e. The molecule has 19 heavy (non-hydrogen) atoms. The van der Waals surface area contributed by atoms with E-state index in [1.54, 1.807) is 6.07 Å². The van der Waals surface area contributed by atoms with Gasteiger partial charge in [0.25, 0.3) is 0 Å². The molecule has 1 aliphatic rings. The molecule has 1 aromatic carbocycles. The molecule has 0 amide bonds. The number of nitrogen functional groups attached to an aromatic ring is 1. The Kier molecular flexibility index (Phi) is 3.02. The summed E-state index contributed by atoms with van der Waals surface area (Å²) in [6, 6.07) is 13.6. The number of anilines is 3. The van der Waals surface area contributed by atoms with E-state index in [4.69, 9.17) is 5.73 Å². The van der Waals surface area contributed by atoms with Gasteiger partial charge < -0.3 is 11.1 Å². The first-order valence-electron chi connectivity index (χ1n) is 6.21. The number of nitrogens with one attached hydrogen (secondary N) is 2. The lowest BCUT2D eigenvalue weighted by Gasteiger charge is -2.19. The Hall–Kier alpha value is -2.56. The van der Waals surface area contributed by atoms with Crippen LogP contribution in [0.3, 0.4) is 0 Å². The number of pyridine rings is 1. The molecule has 0 aliphatic carbocycles. The van der Waals surface area contributed by atoms with E-state index in [1.165, 1.54) is 0 Å². The van der Waals surface area contributed by atoms with Crippen molar-refractivity contribution in [3.63, 3.8) is 0 Å². The number of hydrogen-bond acceptors (Lipinski definition) is 5. The van der Waals surface area contributed by atoms with Gasteiger partial charge in [0, 0.05) is 18.5 Å². The lowest BCUT2D eigenvalue weighted by atomic mass is 10.1. The van der Waals surface area contributed by atoms with Crippen molar-refractivity contribution in [1.82, 2.24) is 4.98 Å². The van der Waals surface area contributed by atoms with E-state index in [0.29, 0.717) is 5.82 Å². The fraction of sp³-hybridized carbons (Fsp3) is 0.143. The molecule has 5 heteroatoms. The fourth-order valence-corrected chi connectivity index (χ4v) is 2.04. The maximum absolute atomic E-state index is 5.69. The van der Waals surface area contributed by atoms with Crippen molar-refractivity contribution in [2.75, 3.05) is 23.0 Å². The van der Waals surface area contributed by atoms with Gasteiger partial charge in [0.1, 0.15) is 11.6 Å². The molecule has 3 rings (SSSR count). The first-order valence-corrected chi connectivity index (χ1v) is 6.21. The van der Waals surface area contributed by atoms with Crippen molar-refractivity contribution >= 4 is 23.0 Å². The van der Waals surface area contributed by atoms with Crippen LogP contribution in [0.4, 0.5) is 17.3 Å². The second-order valence-electron chi connectivity index (χ2n) is 4.35. The van der Waals surface area contributed by atoms with Crippen LogP contribution in [0.15, 0.2) is 47.6 Å². The molecular weight excluding hydrogens is 238 g/mol. The molecule has 0 atom stereocenters. The molecule has 96 valence electrons. The number of para-hydroxylation sites is 1. The summed E-state index contributed by atoms with van der Waals surface area (Å²) in [4.78, 5) is 4.28. The number of fused-ring (bicyclic) bond motifs is 1. The van der Waals surface area contributed by atoms with E-state index < -0.39 is 0 Å². The highest BCUT2D eigenvalue weighted by Crippen LogP contribution is 2.21. The van der Waals surface area contributed by atoms with Gasteiger partial charge in [-0.2, -0.15) is 5.10 Å². The number of nitrogens with zero attached hydrogens (tertiary/aromatic N) is 2. The molecule has 0 saturated heterocycles. The van der Waals surface area contributed by atoms with Crippen molar-refractivity contribution in [1.29, 1.82) is 0 Å². The monoisotopic (exact) mass is 253 g/mol. The third-order valence-corrected chi connectivity index (χ3v) is 2.98. The molecule has 0 saturated carbocycles.